The largest absolute Gasteiger partial charge is 0.349 e. The highest BCUT2D eigenvalue weighted by atomic mass is 16.1. The molecule has 0 saturated heterocycles. The van der Waals surface area contributed by atoms with E-state index < -0.39 is 0 Å². The van der Waals surface area contributed by atoms with Crippen molar-refractivity contribution in [3.63, 3.8) is 0 Å². The third-order valence-corrected chi connectivity index (χ3v) is 4.04. The molecule has 0 spiro atoms. The number of aryl methyl sites for hydroxylation is 2. The molecule has 7 heteroatoms. The van der Waals surface area contributed by atoms with E-state index in [2.05, 4.69) is 25.7 Å². The number of aromatic nitrogens is 4. The van der Waals surface area contributed by atoms with Crippen molar-refractivity contribution in [1.82, 2.24) is 25.7 Å². The normalized spacial score (nSPS) is 12.0. The molecule has 0 bridgehead atoms. The lowest BCUT2D eigenvalue weighted by Crippen LogP contribution is -2.34. The van der Waals surface area contributed by atoms with Crippen LogP contribution in [0, 0.1) is 13.8 Å². The van der Waals surface area contributed by atoms with E-state index in [4.69, 9.17) is 0 Å². The highest BCUT2D eigenvalue weighted by molar-refractivity contribution is 5.94. The molecule has 134 valence electrons. The average Bonchev–Trinajstić information content (AvgIpc) is 3.01. The molecular formula is C19H21N5O2. The second-order valence-electron chi connectivity index (χ2n) is 6.45. The molecule has 26 heavy (non-hydrogen) atoms. The number of amides is 1. The minimum atomic E-state index is -0.254. The summed E-state index contributed by atoms with van der Waals surface area (Å²) in [6.45, 7) is 5.69. The molecule has 0 saturated carbocycles. The first-order valence-corrected chi connectivity index (χ1v) is 8.41. The van der Waals surface area contributed by atoms with Gasteiger partial charge in [0.05, 0.1) is 17.0 Å². The lowest BCUT2D eigenvalue weighted by atomic mass is 10.0. The molecule has 2 aromatic heterocycles. The zero-order chi connectivity index (χ0) is 18.7. The lowest BCUT2D eigenvalue weighted by Gasteiger charge is -2.13. The maximum atomic E-state index is 12.4. The van der Waals surface area contributed by atoms with E-state index in [1.807, 2.05) is 26.8 Å². The number of carbonyl (C=O) groups is 1. The molecule has 7 nitrogen and oxygen atoms in total. The smallest absolute Gasteiger partial charge is 0.272 e. The number of rotatable bonds is 5. The number of H-pyrrole nitrogens is 2. The van der Waals surface area contributed by atoms with E-state index in [9.17, 15) is 9.59 Å². The van der Waals surface area contributed by atoms with E-state index in [-0.39, 0.29) is 17.5 Å². The van der Waals surface area contributed by atoms with Crippen molar-refractivity contribution in [1.29, 1.82) is 0 Å². The maximum absolute atomic E-state index is 12.4. The van der Waals surface area contributed by atoms with Gasteiger partial charge >= 0.3 is 0 Å². The van der Waals surface area contributed by atoms with Crippen LogP contribution in [0.15, 0.2) is 41.2 Å². The highest BCUT2D eigenvalue weighted by Gasteiger charge is 2.12. The van der Waals surface area contributed by atoms with Gasteiger partial charge in [0.1, 0.15) is 0 Å². The molecule has 1 amide bonds. The minimum Gasteiger partial charge on any atom is -0.349 e. The summed E-state index contributed by atoms with van der Waals surface area (Å²) in [5, 5.41) is 16.4. The van der Waals surface area contributed by atoms with Crippen molar-refractivity contribution >= 4 is 5.91 Å². The van der Waals surface area contributed by atoms with Gasteiger partial charge in [0.25, 0.3) is 11.5 Å². The quantitative estimate of drug-likeness (QED) is 0.655. The van der Waals surface area contributed by atoms with Gasteiger partial charge in [-0.3, -0.25) is 14.7 Å². The molecule has 0 aliphatic rings. The second-order valence-corrected chi connectivity index (χ2v) is 6.45. The summed E-state index contributed by atoms with van der Waals surface area (Å²) in [6, 6.07) is 10.6. The number of benzene rings is 1. The Bertz CT molecular complexity index is 972. The fraction of sp³-hybridized carbons (Fsp3) is 0.263. The highest BCUT2D eigenvalue weighted by Crippen LogP contribution is 2.16. The van der Waals surface area contributed by atoms with Gasteiger partial charge in [-0.25, -0.2) is 5.10 Å². The molecular weight excluding hydrogens is 330 g/mol. The molecule has 2 heterocycles. The molecule has 0 fully saturated rings. The molecule has 1 atom stereocenters. The summed E-state index contributed by atoms with van der Waals surface area (Å²) < 4.78 is 0. The van der Waals surface area contributed by atoms with Crippen LogP contribution in [0.2, 0.25) is 0 Å². The fourth-order valence-electron chi connectivity index (χ4n) is 2.77. The molecule has 0 unspecified atom stereocenters. The zero-order valence-corrected chi connectivity index (χ0v) is 15.0. The summed E-state index contributed by atoms with van der Waals surface area (Å²) >= 11 is 0. The van der Waals surface area contributed by atoms with Gasteiger partial charge in [0.2, 0.25) is 0 Å². The molecule has 3 N–H and O–H groups in total. The Balaban J connectivity index is 1.68. The van der Waals surface area contributed by atoms with Gasteiger partial charge in [0.15, 0.2) is 0 Å². The molecule has 0 aliphatic heterocycles. The van der Waals surface area contributed by atoms with Gasteiger partial charge in [-0.1, -0.05) is 12.1 Å². The number of aromatic amines is 2. The summed E-state index contributed by atoms with van der Waals surface area (Å²) in [5.74, 6) is -0.156. The van der Waals surface area contributed by atoms with Gasteiger partial charge in [-0.05, 0) is 50.6 Å². The van der Waals surface area contributed by atoms with E-state index >= 15 is 0 Å². The number of hydrogen-bond donors (Lipinski definition) is 3. The Labute approximate surface area is 150 Å². The Hall–Kier alpha value is -3.22. The van der Waals surface area contributed by atoms with Crippen LogP contribution in [0.4, 0.5) is 0 Å². The third kappa shape index (κ3) is 4.05. The van der Waals surface area contributed by atoms with E-state index in [0.29, 0.717) is 17.5 Å². The second kappa shape index (κ2) is 7.35. The van der Waals surface area contributed by atoms with Crippen LogP contribution in [0.1, 0.15) is 34.4 Å². The van der Waals surface area contributed by atoms with E-state index in [1.165, 1.54) is 0 Å². The zero-order valence-electron chi connectivity index (χ0n) is 15.0. The van der Waals surface area contributed by atoms with Crippen molar-refractivity contribution in [3.8, 4) is 11.1 Å². The monoisotopic (exact) mass is 351 g/mol. The number of hydrogen-bond acceptors (Lipinski definition) is 4. The van der Waals surface area contributed by atoms with E-state index in [0.717, 1.165) is 22.6 Å². The Morgan fingerprint density at radius 2 is 1.85 bits per heavy atom. The summed E-state index contributed by atoms with van der Waals surface area (Å²) in [5.41, 5.74) is 4.20. The maximum Gasteiger partial charge on any atom is 0.272 e. The molecule has 3 rings (SSSR count). The molecule has 0 aliphatic carbocycles. The van der Waals surface area contributed by atoms with Crippen LogP contribution in [0.5, 0.6) is 0 Å². The first kappa shape index (κ1) is 17.6. The lowest BCUT2D eigenvalue weighted by molar-refractivity contribution is 0.0940. The van der Waals surface area contributed by atoms with Crippen LogP contribution in [0.25, 0.3) is 11.1 Å². The SMILES string of the molecule is Cc1cc(-c2ccc(C(=O)N[C@@H](C)Cc3cc(C)[nH]n3)cc2)c(=O)[nH]n1. The van der Waals surface area contributed by atoms with Crippen molar-refractivity contribution in [2.75, 3.05) is 0 Å². The standard InChI is InChI=1S/C19H21N5O2/c1-11(8-16-9-12(2)21-23-16)20-18(25)15-6-4-14(5-7-15)17-10-13(3)22-24-19(17)26/h4-7,9-11H,8H2,1-3H3,(H,20,25)(H,21,23)(H,24,26)/t11-/m0/s1. The van der Waals surface area contributed by atoms with Gasteiger partial charge in [0, 0.05) is 23.7 Å². The fourth-order valence-corrected chi connectivity index (χ4v) is 2.77. The predicted molar refractivity (Wildman–Crippen MR) is 99.0 cm³/mol. The average molecular weight is 351 g/mol. The Morgan fingerprint density at radius 3 is 2.50 bits per heavy atom. The first-order chi connectivity index (χ1) is 12.4. The minimum absolute atomic E-state index is 0.0458. The topological polar surface area (TPSA) is 104 Å². The van der Waals surface area contributed by atoms with Crippen molar-refractivity contribution in [2.45, 2.75) is 33.2 Å². The summed E-state index contributed by atoms with van der Waals surface area (Å²) in [6.07, 6.45) is 0.653. The Morgan fingerprint density at radius 1 is 1.12 bits per heavy atom. The first-order valence-electron chi connectivity index (χ1n) is 8.41. The predicted octanol–water partition coefficient (Wildman–Crippen LogP) is 2.14. The van der Waals surface area contributed by atoms with Crippen LogP contribution >= 0.6 is 0 Å². The molecule has 3 aromatic rings. The molecule has 1 aromatic carbocycles. The van der Waals surface area contributed by atoms with Crippen LogP contribution in [-0.4, -0.2) is 32.3 Å². The third-order valence-electron chi connectivity index (χ3n) is 4.04. The van der Waals surface area contributed by atoms with Gasteiger partial charge in [-0.15, -0.1) is 0 Å². The van der Waals surface area contributed by atoms with Crippen LogP contribution in [-0.2, 0) is 6.42 Å². The van der Waals surface area contributed by atoms with Gasteiger partial charge in [-0.2, -0.15) is 10.2 Å². The summed E-state index contributed by atoms with van der Waals surface area (Å²) in [4.78, 5) is 24.3. The van der Waals surface area contributed by atoms with Crippen molar-refractivity contribution in [2.24, 2.45) is 0 Å². The number of nitrogens with zero attached hydrogens (tertiary/aromatic N) is 2. The van der Waals surface area contributed by atoms with Crippen LogP contribution < -0.4 is 10.9 Å². The number of nitrogens with one attached hydrogen (secondary N) is 3. The van der Waals surface area contributed by atoms with Gasteiger partial charge < -0.3 is 5.32 Å². The van der Waals surface area contributed by atoms with Crippen LogP contribution in [0.3, 0.4) is 0 Å². The Kier molecular flexibility index (Phi) is 4.97. The van der Waals surface area contributed by atoms with Crippen molar-refractivity contribution in [3.05, 3.63) is 69.4 Å². The van der Waals surface area contributed by atoms with Crippen molar-refractivity contribution < 1.29 is 4.79 Å². The molecule has 0 radical (unpaired) electrons. The van der Waals surface area contributed by atoms with E-state index in [1.54, 1.807) is 30.3 Å². The summed E-state index contributed by atoms with van der Waals surface area (Å²) in [7, 11) is 0. The number of carbonyl (C=O) groups excluding carboxylic acids is 1.